The lowest BCUT2D eigenvalue weighted by molar-refractivity contribution is 0.946. The first-order valence-corrected chi connectivity index (χ1v) is 5.46. The summed E-state index contributed by atoms with van der Waals surface area (Å²) in [5.74, 6) is 1.52. The van der Waals surface area contributed by atoms with Gasteiger partial charge >= 0.3 is 0 Å². The van der Waals surface area contributed by atoms with Crippen LogP contribution in [0.1, 0.15) is 12.7 Å². The molecule has 3 N–H and O–H groups in total. The molecule has 0 aliphatic heterocycles. The molecule has 1 aromatic carbocycles. The number of hydrogen-bond donors (Lipinski definition) is 2. The molecule has 2 rings (SSSR count). The Labute approximate surface area is 96.0 Å². The topological polar surface area (TPSA) is 67.6 Å². The van der Waals surface area contributed by atoms with Gasteiger partial charge < -0.3 is 5.73 Å². The second-order valence-electron chi connectivity index (χ2n) is 3.19. The number of nitrogens with zero attached hydrogens (tertiary/aromatic N) is 2. The molecular formula is C10H11BrN4. The maximum absolute atomic E-state index is 5.88. The Morgan fingerprint density at radius 2 is 2.27 bits per heavy atom. The Morgan fingerprint density at radius 3 is 2.87 bits per heavy atom. The van der Waals surface area contributed by atoms with Crippen molar-refractivity contribution in [1.29, 1.82) is 0 Å². The fourth-order valence-corrected chi connectivity index (χ4v) is 1.69. The third-order valence-corrected chi connectivity index (χ3v) is 2.61. The summed E-state index contributed by atoms with van der Waals surface area (Å²) in [4.78, 5) is 4.33. The summed E-state index contributed by atoms with van der Waals surface area (Å²) in [6.45, 7) is 2.02. The number of aromatic nitrogens is 3. The van der Waals surface area contributed by atoms with Gasteiger partial charge in [-0.15, -0.1) is 0 Å². The minimum atomic E-state index is 0.650. The molecule has 2 aromatic rings. The molecule has 1 aromatic heterocycles. The van der Waals surface area contributed by atoms with Crippen molar-refractivity contribution in [3.8, 4) is 11.4 Å². The lowest BCUT2D eigenvalue weighted by Crippen LogP contribution is -1.91. The van der Waals surface area contributed by atoms with Crippen LogP contribution in [0.25, 0.3) is 11.4 Å². The van der Waals surface area contributed by atoms with Gasteiger partial charge in [0.25, 0.3) is 0 Å². The van der Waals surface area contributed by atoms with Gasteiger partial charge in [0.1, 0.15) is 5.82 Å². The molecule has 0 fully saturated rings. The molecule has 15 heavy (non-hydrogen) atoms. The highest BCUT2D eigenvalue weighted by atomic mass is 79.9. The first-order valence-electron chi connectivity index (χ1n) is 4.67. The number of nitrogen functional groups attached to an aromatic ring is 1. The highest BCUT2D eigenvalue weighted by Crippen LogP contribution is 2.25. The van der Waals surface area contributed by atoms with Gasteiger partial charge in [0, 0.05) is 22.1 Å². The standard InChI is InChI=1S/C10H11BrN4/c1-2-9-13-10(15-14-9)7-4-3-6(11)5-8(7)12/h3-5H,2,12H2,1H3,(H,13,14,15). The van der Waals surface area contributed by atoms with E-state index in [1.165, 1.54) is 0 Å². The molecule has 0 spiro atoms. The van der Waals surface area contributed by atoms with Crippen molar-refractivity contribution in [3.05, 3.63) is 28.5 Å². The number of nitrogens with one attached hydrogen (secondary N) is 1. The van der Waals surface area contributed by atoms with E-state index in [-0.39, 0.29) is 0 Å². The number of H-pyrrole nitrogens is 1. The lowest BCUT2D eigenvalue weighted by Gasteiger charge is -2.00. The number of nitrogens with two attached hydrogens (primary N) is 1. The zero-order valence-corrected chi connectivity index (χ0v) is 9.87. The number of rotatable bonds is 2. The van der Waals surface area contributed by atoms with E-state index in [0.29, 0.717) is 11.5 Å². The Kier molecular flexibility index (Phi) is 2.73. The maximum Gasteiger partial charge on any atom is 0.183 e. The van der Waals surface area contributed by atoms with Crippen LogP contribution in [0.3, 0.4) is 0 Å². The molecule has 4 nitrogen and oxygen atoms in total. The van der Waals surface area contributed by atoms with Crippen molar-refractivity contribution < 1.29 is 0 Å². The minimum absolute atomic E-state index is 0.650. The van der Waals surface area contributed by atoms with E-state index in [9.17, 15) is 0 Å². The maximum atomic E-state index is 5.88. The highest BCUT2D eigenvalue weighted by Gasteiger charge is 2.08. The fourth-order valence-electron chi connectivity index (χ4n) is 1.31. The molecule has 0 radical (unpaired) electrons. The molecule has 0 saturated carbocycles. The monoisotopic (exact) mass is 266 g/mol. The molecule has 0 atom stereocenters. The normalized spacial score (nSPS) is 10.5. The van der Waals surface area contributed by atoms with Crippen LogP contribution in [0, 0.1) is 0 Å². The van der Waals surface area contributed by atoms with E-state index in [4.69, 9.17) is 5.73 Å². The molecule has 78 valence electrons. The zero-order valence-electron chi connectivity index (χ0n) is 8.29. The Hall–Kier alpha value is -1.36. The van der Waals surface area contributed by atoms with Crippen LogP contribution >= 0.6 is 15.9 Å². The second kappa shape index (κ2) is 4.02. The summed E-state index contributed by atoms with van der Waals surface area (Å²) in [6.07, 6.45) is 0.837. The number of aromatic amines is 1. The number of hydrogen-bond acceptors (Lipinski definition) is 3. The third kappa shape index (κ3) is 2.02. The predicted molar refractivity (Wildman–Crippen MR) is 63.3 cm³/mol. The molecule has 0 aliphatic carbocycles. The summed E-state index contributed by atoms with van der Waals surface area (Å²) in [7, 11) is 0. The summed E-state index contributed by atoms with van der Waals surface area (Å²) in [6, 6.07) is 5.67. The molecular weight excluding hydrogens is 256 g/mol. The van der Waals surface area contributed by atoms with Crippen LogP contribution in [-0.4, -0.2) is 15.2 Å². The quantitative estimate of drug-likeness (QED) is 0.821. The predicted octanol–water partition coefficient (Wildman–Crippen LogP) is 2.38. The Morgan fingerprint density at radius 1 is 1.47 bits per heavy atom. The van der Waals surface area contributed by atoms with Crippen LogP contribution in [0.5, 0.6) is 0 Å². The zero-order chi connectivity index (χ0) is 10.8. The van der Waals surface area contributed by atoms with E-state index in [1.54, 1.807) is 0 Å². The largest absolute Gasteiger partial charge is 0.398 e. The van der Waals surface area contributed by atoms with Gasteiger partial charge in [-0.25, -0.2) is 4.98 Å². The average molecular weight is 267 g/mol. The second-order valence-corrected chi connectivity index (χ2v) is 4.11. The molecule has 0 aliphatic rings. The molecule has 0 unspecified atom stereocenters. The van der Waals surface area contributed by atoms with Gasteiger partial charge in [0.05, 0.1) is 0 Å². The van der Waals surface area contributed by atoms with Crippen molar-refractivity contribution in [1.82, 2.24) is 15.2 Å². The van der Waals surface area contributed by atoms with Gasteiger partial charge in [0.2, 0.25) is 0 Å². The SMILES string of the molecule is CCc1nc(-c2ccc(Br)cc2N)n[nH]1. The molecule has 0 bridgehead atoms. The number of anilines is 1. The van der Waals surface area contributed by atoms with Crippen molar-refractivity contribution in [3.63, 3.8) is 0 Å². The fraction of sp³-hybridized carbons (Fsp3) is 0.200. The molecule has 1 heterocycles. The first kappa shape index (κ1) is 10.2. The van der Waals surface area contributed by atoms with Crippen LogP contribution in [-0.2, 0) is 6.42 Å². The Bertz CT molecular complexity index is 478. The van der Waals surface area contributed by atoms with E-state index in [2.05, 4.69) is 31.1 Å². The van der Waals surface area contributed by atoms with Crippen LogP contribution in [0.4, 0.5) is 5.69 Å². The highest BCUT2D eigenvalue weighted by molar-refractivity contribution is 9.10. The van der Waals surface area contributed by atoms with E-state index < -0.39 is 0 Å². The van der Waals surface area contributed by atoms with Crippen LogP contribution < -0.4 is 5.73 Å². The van der Waals surface area contributed by atoms with Gasteiger partial charge in [-0.05, 0) is 18.2 Å². The molecule has 5 heteroatoms. The smallest absolute Gasteiger partial charge is 0.183 e. The molecule has 0 amide bonds. The number of benzene rings is 1. The lowest BCUT2D eigenvalue weighted by atomic mass is 10.2. The first-order chi connectivity index (χ1) is 7.20. The number of aryl methyl sites for hydroxylation is 1. The van der Waals surface area contributed by atoms with Crippen LogP contribution in [0.15, 0.2) is 22.7 Å². The summed E-state index contributed by atoms with van der Waals surface area (Å²) in [5.41, 5.74) is 7.41. The minimum Gasteiger partial charge on any atom is -0.398 e. The van der Waals surface area contributed by atoms with Gasteiger partial charge in [-0.1, -0.05) is 22.9 Å². The van der Waals surface area contributed by atoms with E-state index >= 15 is 0 Å². The van der Waals surface area contributed by atoms with Crippen LogP contribution in [0.2, 0.25) is 0 Å². The summed E-state index contributed by atoms with van der Waals surface area (Å²) in [5, 5.41) is 6.98. The van der Waals surface area contributed by atoms with E-state index in [0.717, 1.165) is 22.3 Å². The molecule has 0 saturated heterocycles. The van der Waals surface area contributed by atoms with Gasteiger partial charge in [-0.2, -0.15) is 5.10 Å². The van der Waals surface area contributed by atoms with Gasteiger partial charge in [-0.3, -0.25) is 5.10 Å². The summed E-state index contributed by atoms with van der Waals surface area (Å²) >= 11 is 3.36. The van der Waals surface area contributed by atoms with Gasteiger partial charge in [0.15, 0.2) is 5.82 Å². The number of halogens is 1. The summed E-state index contributed by atoms with van der Waals surface area (Å²) < 4.78 is 0.954. The van der Waals surface area contributed by atoms with E-state index in [1.807, 2.05) is 25.1 Å². The van der Waals surface area contributed by atoms with Crippen molar-refractivity contribution in [2.45, 2.75) is 13.3 Å². The van der Waals surface area contributed by atoms with Crippen molar-refractivity contribution in [2.24, 2.45) is 0 Å². The van der Waals surface area contributed by atoms with Crippen molar-refractivity contribution >= 4 is 21.6 Å². The van der Waals surface area contributed by atoms with Crippen molar-refractivity contribution in [2.75, 3.05) is 5.73 Å². The average Bonchev–Trinajstić information content (AvgIpc) is 2.66. The third-order valence-electron chi connectivity index (χ3n) is 2.12. The Balaban J connectivity index is 2.44.